The van der Waals surface area contributed by atoms with Crippen molar-refractivity contribution in [2.45, 2.75) is 30.2 Å². The number of likely N-dealkylation sites (tertiary alicyclic amines) is 1. The van der Waals surface area contributed by atoms with E-state index in [4.69, 9.17) is 0 Å². The van der Waals surface area contributed by atoms with Crippen LogP contribution in [0.1, 0.15) is 30.9 Å². The number of para-hydroxylation sites is 1. The van der Waals surface area contributed by atoms with Gasteiger partial charge >= 0.3 is 0 Å². The van der Waals surface area contributed by atoms with Crippen LogP contribution in [0.5, 0.6) is 0 Å². The molecule has 5 rings (SSSR count). The van der Waals surface area contributed by atoms with Crippen molar-refractivity contribution in [3.05, 3.63) is 66.5 Å². The SMILES string of the molecule is Cn1cc(C(CNS(=O)c2ccc3cc[nH]c3c2)N2CCCCC2)c2ccccc21. The normalized spacial score (nSPS) is 17.5. The second-order valence-electron chi connectivity index (χ2n) is 8.17. The summed E-state index contributed by atoms with van der Waals surface area (Å²) in [6.07, 6.45) is 7.92. The molecule has 1 fully saturated rings. The lowest BCUT2D eigenvalue weighted by molar-refractivity contribution is 0.166. The van der Waals surface area contributed by atoms with E-state index in [0.717, 1.165) is 28.9 Å². The molecule has 0 amide bonds. The van der Waals surface area contributed by atoms with Gasteiger partial charge < -0.3 is 9.55 Å². The lowest BCUT2D eigenvalue weighted by Crippen LogP contribution is -2.39. The zero-order chi connectivity index (χ0) is 20.5. The van der Waals surface area contributed by atoms with Crippen LogP contribution in [0.15, 0.2) is 65.8 Å². The molecule has 0 radical (unpaired) electrons. The van der Waals surface area contributed by atoms with Crippen molar-refractivity contribution in [1.29, 1.82) is 0 Å². The van der Waals surface area contributed by atoms with Crippen molar-refractivity contribution in [3.63, 3.8) is 0 Å². The van der Waals surface area contributed by atoms with Gasteiger partial charge in [0.1, 0.15) is 11.0 Å². The molecule has 156 valence electrons. The Morgan fingerprint density at radius 3 is 2.80 bits per heavy atom. The van der Waals surface area contributed by atoms with E-state index in [-0.39, 0.29) is 6.04 Å². The number of nitrogens with zero attached hydrogens (tertiary/aromatic N) is 2. The van der Waals surface area contributed by atoms with Crippen molar-refractivity contribution < 1.29 is 4.21 Å². The fraction of sp³-hybridized carbons (Fsp3) is 0.333. The number of rotatable bonds is 6. The fourth-order valence-corrected chi connectivity index (χ4v) is 5.58. The number of benzene rings is 2. The molecule has 4 aromatic rings. The molecule has 0 aliphatic carbocycles. The Balaban J connectivity index is 1.42. The Kier molecular flexibility index (Phi) is 5.46. The van der Waals surface area contributed by atoms with Crippen molar-refractivity contribution in [3.8, 4) is 0 Å². The monoisotopic (exact) mass is 420 g/mol. The van der Waals surface area contributed by atoms with Gasteiger partial charge in [-0.3, -0.25) is 4.90 Å². The molecule has 1 saturated heterocycles. The maximum absolute atomic E-state index is 13.1. The molecular weight excluding hydrogens is 392 g/mol. The number of aromatic amines is 1. The summed E-state index contributed by atoms with van der Waals surface area (Å²) in [5.41, 5.74) is 3.58. The van der Waals surface area contributed by atoms with E-state index >= 15 is 0 Å². The minimum absolute atomic E-state index is 0.203. The molecule has 2 N–H and O–H groups in total. The molecular formula is C24H28N4OS. The van der Waals surface area contributed by atoms with Gasteiger partial charge in [0.2, 0.25) is 0 Å². The first-order chi connectivity index (χ1) is 14.7. The highest BCUT2D eigenvalue weighted by molar-refractivity contribution is 7.83. The molecule has 30 heavy (non-hydrogen) atoms. The predicted molar refractivity (Wildman–Crippen MR) is 124 cm³/mol. The average molecular weight is 421 g/mol. The summed E-state index contributed by atoms with van der Waals surface area (Å²) < 4.78 is 18.6. The Labute approximate surface area is 179 Å². The van der Waals surface area contributed by atoms with Gasteiger partial charge in [0.25, 0.3) is 0 Å². The molecule has 0 saturated carbocycles. The highest BCUT2D eigenvalue weighted by Crippen LogP contribution is 2.31. The second-order valence-corrected chi connectivity index (χ2v) is 9.47. The van der Waals surface area contributed by atoms with E-state index in [1.807, 2.05) is 30.5 Å². The number of aromatic nitrogens is 2. The molecule has 1 aliphatic rings. The van der Waals surface area contributed by atoms with Gasteiger partial charge in [0.05, 0.1) is 10.9 Å². The molecule has 1 aliphatic heterocycles. The molecule has 3 heterocycles. The van der Waals surface area contributed by atoms with E-state index < -0.39 is 11.0 Å². The van der Waals surface area contributed by atoms with Gasteiger partial charge in [-0.05, 0) is 61.1 Å². The van der Waals surface area contributed by atoms with E-state index in [0.29, 0.717) is 6.54 Å². The van der Waals surface area contributed by atoms with Crippen LogP contribution < -0.4 is 4.72 Å². The van der Waals surface area contributed by atoms with Crippen LogP contribution in [0.3, 0.4) is 0 Å². The third kappa shape index (κ3) is 3.71. The molecule has 2 aromatic carbocycles. The predicted octanol–water partition coefficient (Wildman–Crippen LogP) is 4.50. The summed E-state index contributed by atoms with van der Waals surface area (Å²) in [4.78, 5) is 6.57. The van der Waals surface area contributed by atoms with Crippen LogP contribution in [-0.4, -0.2) is 38.3 Å². The van der Waals surface area contributed by atoms with E-state index in [1.165, 1.54) is 35.7 Å². The van der Waals surface area contributed by atoms with E-state index in [2.05, 4.69) is 56.7 Å². The highest BCUT2D eigenvalue weighted by atomic mass is 32.2. The van der Waals surface area contributed by atoms with Crippen LogP contribution in [0.4, 0.5) is 0 Å². The third-order valence-corrected chi connectivity index (χ3v) is 7.38. The van der Waals surface area contributed by atoms with Gasteiger partial charge in [-0.15, -0.1) is 0 Å². The largest absolute Gasteiger partial charge is 0.361 e. The van der Waals surface area contributed by atoms with Crippen LogP contribution in [0.25, 0.3) is 21.8 Å². The molecule has 6 heteroatoms. The number of fused-ring (bicyclic) bond motifs is 2. The topological polar surface area (TPSA) is 53.1 Å². The lowest BCUT2D eigenvalue weighted by atomic mass is 10.0. The smallest absolute Gasteiger partial charge is 0.125 e. The Morgan fingerprint density at radius 2 is 1.93 bits per heavy atom. The molecule has 2 atom stereocenters. The minimum Gasteiger partial charge on any atom is -0.361 e. The van der Waals surface area contributed by atoms with Gasteiger partial charge in [-0.2, -0.15) is 0 Å². The minimum atomic E-state index is -1.25. The summed E-state index contributed by atoms with van der Waals surface area (Å²) in [6, 6.07) is 16.8. The van der Waals surface area contributed by atoms with Crippen LogP contribution in [0, 0.1) is 0 Å². The molecule has 2 aromatic heterocycles. The maximum atomic E-state index is 13.1. The zero-order valence-electron chi connectivity index (χ0n) is 17.3. The number of hydrogen-bond acceptors (Lipinski definition) is 2. The van der Waals surface area contributed by atoms with Crippen molar-refractivity contribution >= 4 is 32.8 Å². The average Bonchev–Trinajstić information content (AvgIpc) is 3.39. The van der Waals surface area contributed by atoms with Crippen molar-refractivity contribution in [2.75, 3.05) is 19.6 Å². The molecule has 5 nitrogen and oxygen atoms in total. The number of aryl methyl sites for hydroxylation is 1. The van der Waals surface area contributed by atoms with Gasteiger partial charge in [0, 0.05) is 42.4 Å². The van der Waals surface area contributed by atoms with Gasteiger partial charge in [-0.25, -0.2) is 8.93 Å². The van der Waals surface area contributed by atoms with Crippen molar-refractivity contribution in [1.82, 2.24) is 19.2 Å². The summed E-state index contributed by atoms with van der Waals surface area (Å²) in [6.45, 7) is 2.84. The summed E-state index contributed by atoms with van der Waals surface area (Å²) >= 11 is 0. The Bertz CT molecular complexity index is 1190. The maximum Gasteiger partial charge on any atom is 0.125 e. The molecule has 0 spiro atoms. The second kappa shape index (κ2) is 8.38. The highest BCUT2D eigenvalue weighted by Gasteiger charge is 2.25. The summed E-state index contributed by atoms with van der Waals surface area (Å²) in [5, 5.41) is 2.42. The third-order valence-electron chi connectivity index (χ3n) is 6.27. The summed E-state index contributed by atoms with van der Waals surface area (Å²) in [5.74, 6) is 0. The van der Waals surface area contributed by atoms with Crippen LogP contribution in [0.2, 0.25) is 0 Å². The lowest BCUT2D eigenvalue weighted by Gasteiger charge is -2.34. The van der Waals surface area contributed by atoms with Crippen LogP contribution >= 0.6 is 0 Å². The van der Waals surface area contributed by atoms with E-state index in [9.17, 15) is 4.21 Å². The molecule has 2 unspecified atom stereocenters. The number of piperidine rings is 1. The first-order valence-electron chi connectivity index (χ1n) is 10.7. The van der Waals surface area contributed by atoms with Crippen molar-refractivity contribution in [2.24, 2.45) is 7.05 Å². The van der Waals surface area contributed by atoms with Crippen LogP contribution in [-0.2, 0) is 18.0 Å². The first kappa shape index (κ1) is 19.5. The first-order valence-corrected chi connectivity index (χ1v) is 11.9. The Hall–Kier alpha value is -2.41. The molecule has 0 bridgehead atoms. The standard InChI is InChI=1S/C24H28N4OS/c1-27-17-21(20-7-3-4-8-23(20)27)24(28-13-5-2-6-14-28)16-26-30(29)19-10-9-18-11-12-25-22(18)15-19/h3-4,7-12,15,17,24-26H,2,5-6,13-14,16H2,1H3. The summed E-state index contributed by atoms with van der Waals surface area (Å²) in [7, 11) is 0.855. The van der Waals surface area contributed by atoms with Gasteiger partial charge in [0.15, 0.2) is 0 Å². The zero-order valence-corrected chi connectivity index (χ0v) is 18.1. The fourth-order valence-electron chi connectivity index (χ4n) is 4.68. The van der Waals surface area contributed by atoms with E-state index in [1.54, 1.807) is 0 Å². The quantitative estimate of drug-likeness (QED) is 0.483. The number of hydrogen-bond donors (Lipinski definition) is 2. The Morgan fingerprint density at radius 1 is 1.10 bits per heavy atom. The van der Waals surface area contributed by atoms with Gasteiger partial charge in [-0.1, -0.05) is 30.7 Å². The number of H-pyrrole nitrogens is 1. The number of nitrogens with one attached hydrogen (secondary N) is 2.